The largest absolute Gasteiger partial charge is 0.462 e. The fourth-order valence-corrected chi connectivity index (χ4v) is 10.6. The van der Waals surface area contributed by atoms with E-state index in [-0.39, 0.29) is 31.1 Å². The van der Waals surface area contributed by atoms with E-state index in [9.17, 15) is 14.4 Å². The van der Waals surface area contributed by atoms with Crippen molar-refractivity contribution in [3.63, 3.8) is 0 Å². The SMILES string of the molecule is CC/C=C\C/C=C\C/C=C\C/C=C\CCCCCCCCCCCCCCC(=O)OC(COC(=O)CCCCCCCC)COC(=O)CCCCCCCCCCCCCCCCCCCCCCCCCCCCCCCC. The van der Waals surface area contributed by atoms with Gasteiger partial charge in [-0.1, -0.05) is 352 Å². The van der Waals surface area contributed by atoms with E-state index in [0.29, 0.717) is 19.3 Å². The molecule has 0 saturated heterocycles. The molecule has 0 radical (unpaired) electrons. The van der Waals surface area contributed by atoms with Crippen LogP contribution < -0.4 is 0 Å². The summed E-state index contributed by atoms with van der Waals surface area (Å²) in [5.41, 5.74) is 0. The molecule has 0 fully saturated rings. The van der Waals surface area contributed by atoms with E-state index in [0.717, 1.165) is 83.5 Å². The molecule has 0 rings (SSSR count). The van der Waals surface area contributed by atoms with Gasteiger partial charge in [-0.3, -0.25) is 14.4 Å². The third-order valence-electron chi connectivity index (χ3n) is 15.8. The molecule has 0 saturated carbocycles. The van der Waals surface area contributed by atoms with Crippen molar-refractivity contribution in [3.05, 3.63) is 48.6 Å². The molecule has 0 aromatic heterocycles. The van der Waals surface area contributed by atoms with Gasteiger partial charge in [-0.15, -0.1) is 0 Å². The van der Waals surface area contributed by atoms with Crippen LogP contribution in [0.4, 0.5) is 0 Å². The highest BCUT2D eigenvalue weighted by molar-refractivity contribution is 5.71. The fourth-order valence-electron chi connectivity index (χ4n) is 10.6. The van der Waals surface area contributed by atoms with Gasteiger partial charge in [-0.2, -0.15) is 0 Å². The lowest BCUT2D eigenvalue weighted by Gasteiger charge is -2.18. The second-order valence-corrected chi connectivity index (χ2v) is 23.8. The molecular formula is C73H134O6. The molecule has 79 heavy (non-hydrogen) atoms. The topological polar surface area (TPSA) is 78.9 Å². The maximum absolute atomic E-state index is 12.9. The first kappa shape index (κ1) is 76.4. The van der Waals surface area contributed by atoms with Crippen LogP contribution in [0.1, 0.15) is 380 Å². The summed E-state index contributed by atoms with van der Waals surface area (Å²) in [6.07, 6.45) is 86.2. The van der Waals surface area contributed by atoms with Gasteiger partial charge in [0.05, 0.1) is 0 Å². The van der Waals surface area contributed by atoms with Gasteiger partial charge in [0.25, 0.3) is 0 Å². The zero-order chi connectivity index (χ0) is 57.1. The van der Waals surface area contributed by atoms with Crippen molar-refractivity contribution in [2.45, 2.75) is 386 Å². The summed E-state index contributed by atoms with van der Waals surface area (Å²) in [6, 6.07) is 0. The maximum Gasteiger partial charge on any atom is 0.306 e. The van der Waals surface area contributed by atoms with E-state index in [4.69, 9.17) is 14.2 Å². The summed E-state index contributed by atoms with van der Waals surface area (Å²) in [7, 11) is 0. The number of carbonyl (C=O) groups excluding carboxylic acids is 3. The second-order valence-electron chi connectivity index (χ2n) is 23.8. The van der Waals surface area contributed by atoms with Crippen LogP contribution in [0.3, 0.4) is 0 Å². The molecule has 0 N–H and O–H groups in total. The van der Waals surface area contributed by atoms with E-state index in [1.165, 1.54) is 257 Å². The Bertz CT molecular complexity index is 1360. The predicted molar refractivity (Wildman–Crippen MR) is 344 cm³/mol. The highest BCUT2D eigenvalue weighted by Gasteiger charge is 2.19. The third-order valence-corrected chi connectivity index (χ3v) is 15.8. The van der Waals surface area contributed by atoms with Gasteiger partial charge in [0, 0.05) is 19.3 Å². The van der Waals surface area contributed by atoms with Gasteiger partial charge >= 0.3 is 17.9 Å². The van der Waals surface area contributed by atoms with Crippen LogP contribution in [0, 0.1) is 0 Å². The average Bonchev–Trinajstić information content (AvgIpc) is 3.45. The Hall–Kier alpha value is -2.63. The first-order valence-corrected chi connectivity index (χ1v) is 35.1. The zero-order valence-corrected chi connectivity index (χ0v) is 53.2. The minimum atomic E-state index is -0.770. The smallest absolute Gasteiger partial charge is 0.306 e. The van der Waals surface area contributed by atoms with Crippen molar-refractivity contribution < 1.29 is 28.6 Å². The fraction of sp³-hybridized carbons (Fsp3) is 0.849. The van der Waals surface area contributed by atoms with Gasteiger partial charge < -0.3 is 14.2 Å². The molecule has 1 atom stereocenters. The summed E-state index contributed by atoms with van der Waals surface area (Å²) >= 11 is 0. The van der Waals surface area contributed by atoms with Gasteiger partial charge in [-0.25, -0.2) is 0 Å². The average molecular weight is 1110 g/mol. The number of ether oxygens (including phenoxy) is 3. The number of hydrogen-bond acceptors (Lipinski definition) is 6. The van der Waals surface area contributed by atoms with Crippen LogP contribution in [-0.4, -0.2) is 37.2 Å². The van der Waals surface area contributed by atoms with Crippen LogP contribution in [0.5, 0.6) is 0 Å². The predicted octanol–water partition coefficient (Wildman–Crippen LogP) is 24.1. The molecule has 0 spiro atoms. The van der Waals surface area contributed by atoms with E-state index in [2.05, 4.69) is 69.4 Å². The Balaban J connectivity index is 3.97. The minimum absolute atomic E-state index is 0.0690. The maximum atomic E-state index is 12.9. The van der Waals surface area contributed by atoms with Crippen LogP contribution in [0.25, 0.3) is 0 Å². The Morgan fingerprint density at radius 1 is 0.266 bits per heavy atom. The number of carbonyl (C=O) groups is 3. The Morgan fingerprint density at radius 3 is 0.772 bits per heavy atom. The minimum Gasteiger partial charge on any atom is -0.462 e. The summed E-state index contributed by atoms with van der Waals surface area (Å²) in [5.74, 6) is -0.858. The van der Waals surface area contributed by atoms with Crippen molar-refractivity contribution in [3.8, 4) is 0 Å². The second kappa shape index (κ2) is 67.9. The van der Waals surface area contributed by atoms with Crippen molar-refractivity contribution in [1.82, 2.24) is 0 Å². The Kier molecular flexibility index (Phi) is 65.6. The molecule has 0 aromatic rings. The molecular weight excluding hydrogens is 973 g/mol. The summed E-state index contributed by atoms with van der Waals surface area (Å²) in [5, 5.41) is 0. The standard InChI is InChI=1S/C73H134O6/c1-4-7-10-13-16-18-20-22-24-26-28-30-32-34-35-36-37-38-40-41-43-45-47-49-51-53-55-57-60-63-66-72(75)78-69-70(68-77-71(74)65-62-59-15-12-9-6-3)79-73(76)67-64-61-58-56-54-52-50-48-46-44-42-39-33-31-29-27-25-23-21-19-17-14-11-8-5-2/h8,11,17,19,23,25,29,31,70H,4-7,9-10,12-16,18,20-22,24,26-28,30,32-69H2,1-3H3/b11-8-,19-17-,25-23-,31-29-. The molecule has 6 heteroatoms. The quantitative estimate of drug-likeness (QED) is 0.0261. The number of unbranched alkanes of at least 4 members (excludes halogenated alkanes) is 46. The molecule has 462 valence electrons. The lowest BCUT2D eigenvalue weighted by molar-refractivity contribution is -0.167. The van der Waals surface area contributed by atoms with Crippen LogP contribution in [-0.2, 0) is 28.6 Å². The van der Waals surface area contributed by atoms with Crippen LogP contribution in [0.2, 0.25) is 0 Å². The van der Waals surface area contributed by atoms with Crippen LogP contribution in [0.15, 0.2) is 48.6 Å². The Labute approximate surface area is 492 Å². The molecule has 1 unspecified atom stereocenters. The molecule has 0 heterocycles. The van der Waals surface area contributed by atoms with Gasteiger partial charge in [-0.05, 0) is 57.8 Å². The summed E-state index contributed by atoms with van der Waals surface area (Å²) in [4.78, 5) is 38.1. The van der Waals surface area contributed by atoms with Gasteiger partial charge in [0.1, 0.15) is 13.2 Å². The normalized spacial score (nSPS) is 12.3. The molecule has 0 aromatic carbocycles. The van der Waals surface area contributed by atoms with E-state index < -0.39 is 6.10 Å². The Morgan fingerprint density at radius 2 is 0.494 bits per heavy atom. The number of esters is 3. The third kappa shape index (κ3) is 66.1. The van der Waals surface area contributed by atoms with Crippen molar-refractivity contribution in [2.24, 2.45) is 0 Å². The highest BCUT2D eigenvalue weighted by Crippen LogP contribution is 2.19. The lowest BCUT2D eigenvalue weighted by Crippen LogP contribution is -2.30. The summed E-state index contributed by atoms with van der Waals surface area (Å²) in [6.45, 7) is 6.53. The molecule has 0 aliphatic carbocycles. The van der Waals surface area contributed by atoms with E-state index >= 15 is 0 Å². The molecule has 0 amide bonds. The molecule has 6 nitrogen and oxygen atoms in total. The number of hydrogen-bond donors (Lipinski definition) is 0. The van der Waals surface area contributed by atoms with Crippen LogP contribution >= 0.6 is 0 Å². The summed E-state index contributed by atoms with van der Waals surface area (Å²) < 4.78 is 16.9. The molecule has 0 bridgehead atoms. The first-order chi connectivity index (χ1) is 39.0. The lowest BCUT2D eigenvalue weighted by atomic mass is 10.0. The van der Waals surface area contributed by atoms with E-state index in [1.807, 2.05) is 0 Å². The van der Waals surface area contributed by atoms with Crippen molar-refractivity contribution in [2.75, 3.05) is 13.2 Å². The molecule has 0 aliphatic heterocycles. The van der Waals surface area contributed by atoms with E-state index in [1.54, 1.807) is 0 Å². The highest BCUT2D eigenvalue weighted by atomic mass is 16.6. The number of rotatable bonds is 65. The number of allylic oxidation sites excluding steroid dienone is 8. The van der Waals surface area contributed by atoms with Gasteiger partial charge in [0.15, 0.2) is 6.10 Å². The van der Waals surface area contributed by atoms with Crippen molar-refractivity contribution in [1.29, 1.82) is 0 Å². The monoisotopic (exact) mass is 1110 g/mol. The first-order valence-electron chi connectivity index (χ1n) is 35.1. The molecule has 0 aliphatic rings. The van der Waals surface area contributed by atoms with Gasteiger partial charge in [0.2, 0.25) is 0 Å². The zero-order valence-electron chi connectivity index (χ0n) is 53.2. The van der Waals surface area contributed by atoms with Crippen molar-refractivity contribution >= 4 is 17.9 Å².